The summed E-state index contributed by atoms with van der Waals surface area (Å²) < 4.78 is 32.0. The molecule has 0 atom stereocenters. The molecule has 24 heavy (non-hydrogen) atoms. The second-order valence-corrected chi connectivity index (χ2v) is 4.92. The summed E-state index contributed by atoms with van der Waals surface area (Å²) in [6.45, 7) is 0.00953. The van der Waals surface area contributed by atoms with Gasteiger partial charge in [0.1, 0.15) is 11.6 Å². The van der Waals surface area contributed by atoms with Crippen LogP contribution in [-0.2, 0) is 6.54 Å². The summed E-state index contributed by atoms with van der Waals surface area (Å²) in [6.07, 6.45) is 1.55. The average Bonchev–Trinajstić information content (AvgIpc) is 3.06. The van der Waals surface area contributed by atoms with Crippen LogP contribution in [0.1, 0.15) is 5.89 Å². The quantitative estimate of drug-likeness (QED) is 0.762. The van der Waals surface area contributed by atoms with Crippen LogP contribution in [0.2, 0.25) is 0 Å². The number of aromatic nitrogens is 1. The molecule has 122 valence electrons. The Morgan fingerprint density at radius 3 is 2.71 bits per heavy atom. The van der Waals surface area contributed by atoms with E-state index in [2.05, 4.69) is 15.6 Å². The number of hydrogen-bond acceptors (Lipinski definition) is 3. The Morgan fingerprint density at radius 1 is 1.12 bits per heavy atom. The van der Waals surface area contributed by atoms with E-state index in [-0.39, 0.29) is 12.2 Å². The lowest BCUT2D eigenvalue weighted by Crippen LogP contribution is -2.28. The van der Waals surface area contributed by atoms with Gasteiger partial charge in [-0.15, -0.1) is 0 Å². The largest absolute Gasteiger partial charge is 0.439 e. The van der Waals surface area contributed by atoms with Gasteiger partial charge in [-0.2, -0.15) is 0 Å². The van der Waals surface area contributed by atoms with E-state index in [0.717, 1.165) is 23.8 Å². The monoisotopic (exact) mass is 329 g/mol. The molecule has 0 aliphatic rings. The number of oxazole rings is 1. The van der Waals surface area contributed by atoms with Crippen molar-refractivity contribution < 1.29 is 18.0 Å². The van der Waals surface area contributed by atoms with E-state index < -0.39 is 17.7 Å². The number of halogens is 2. The maximum atomic E-state index is 13.4. The molecule has 0 fully saturated rings. The van der Waals surface area contributed by atoms with Crippen molar-refractivity contribution >= 4 is 11.7 Å². The standard InChI is InChI=1S/C17H13F2N3O2/c18-12-6-7-13(19)14(8-12)22-17(23)21-10-16-20-9-15(24-16)11-4-2-1-3-5-11/h1-9H,10H2,(H2,21,22,23). The molecule has 2 aromatic carbocycles. The first kappa shape index (κ1) is 15.7. The molecule has 7 heteroatoms. The predicted molar refractivity (Wildman–Crippen MR) is 84.2 cm³/mol. The Bertz CT molecular complexity index is 850. The van der Waals surface area contributed by atoms with Gasteiger partial charge in [0.25, 0.3) is 0 Å². The Kier molecular flexibility index (Phi) is 4.51. The lowest BCUT2D eigenvalue weighted by atomic mass is 10.2. The second kappa shape index (κ2) is 6.91. The number of hydrogen-bond donors (Lipinski definition) is 2. The molecule has 0 saturated heterocycles. The third kappa shape index (κ3) is 3.75. The fourth-order valence-corrected chi connectivity index (χ4v) is 2.04. The molecule has 0 aliphatic heterocycles. The zero-order valence-corrected chi connectivity index (χ0v) is 12.4. The van der Waals surface area contributed by atoms with Gasteiger partial charge < -0.3 is 15.1 Å². The van der Waals surface area contributed by atoms with Gasteiger partial charge in [-0.3, -0.25) is 0 Å². The van der Waals surface area contributed by atoms with Gasteiger partial charge >= 0.3 is 6.03 Å². The first-order valence-electron chi connectivity index (χ1n) is 7.12. The maximum absolute atomic E-state index is 13.4. The van der Waals surface area contributed by atoms with Gasteiger partial charge in [-0.05, 0) is 12.1 Å². The van der Waals surface area contributed by atoms with E-state index in [9.17, 15) is 13.6 Å². The molecule has 1 aromatic heterocycles. The first-order valence-corrected chi connectivity index (χ1v) is 7.12. The molecule has 0 radical (unpaired) electrons. The molecule has 0 aliphatic carbocycles. The van der Waals surface area contributed by atoms with Crippen LogP contribution >= 0.6 is 0 Å². The number of anilines is 1. The Labute approximate surface area is 136 Å². The lowest BCUT2D eigenvalue weighted by Gasteiger charge is -2.07. The van der Waals surface area contributed by atoms with Gasteiger partial charge in [0.2, 0.25) is 5.89 Å². The smallest absolute Gasteiger partial charge is 0.319 e. The number of rotatable bonds is 4. The highest BCUT2D eigenvalue weighted by Gasteiger charge is 2.10. The van der Waals surface area contributed by atoms with E-state index in [1.54, 1.807) is 6.20 Å². The maximum Gasteiger partial charge on any atom is 0.319 e. The summed E-state index contributed by atoms with van der Waals surface area (Å²) >= 11 is 0. The van der Waals surface area contributed by atoms with Crippen LogP contribution in [0.15, 0.2) is 59.1 Å². The predicted octanol–water partition coefficient (Wildman–Crippen LogP) is 3.94. The normalized spacial score (nSPS) is 10.4. The molecule has 2 N–H and O–H groups in total. The van der Waals surface area contributed by atoms with Gasteiger partial charge in [0.15, 0.2) is 5.76 Å². The minimum atomic E-state index is -0.728. The van der Waals surface area contributed by atoms with Crippen molar-refractivity contribution in [3.05, 3.63) is 72.3 Å². The average molecular weight is 329 g/mol. The molecule has 3 rings (SSSR count). The van der Waals surface area contributed by atoms with Crippen LogP contribution < -0.4 is 10.6 Å². The number of carbonyl (C=O) groups excluding carboxylic acids is 1. The Balaban J connectivity index is 1.59. The van der Waals surface area contributed by atoms with E-state index in [0.29, 0.717) is 11.7 Å². The van der Waals surface area contributed by atoms with Crippen molar-refractivity contribution in [2.24, 2.45) is 0 Å². The minimum Gasteiger partial charge on any atom is -0.439 e. The van der Waals surface area contributed by atoms with Crippen LogP contribution in [0.3, 0.4) is 0 Å². The van der Waals surface area contributed by atoms with Crippen molar-refractivity contribution in [1.82, 2.24) is 10.3 Å². The number of benzene rings is 2. The van der Waals surface area contributed by atoms with E-state index in [4.69, 9.17) is 4.42 Å². The van der Waals surface area contributed by atoms with Crippen LogP contribution in [0.5, 0.6) is 0 Å². The number of urea groups is 1. The molecule has 0 unspecified atom stereocenters. The summed E-state index contributed by atoms with van der Waals surface area (Å²) in [7, 11) is 0. The molecule has 1 heterocycles. The molecule has 5 nitrogen and oxygen atoms in total. The Morgan fingerprint density at radius 2 is 1.92 bits per heavy atom. The van der Waals surface area contributed by atoms with E-state index in [1.165, 1.54) is 0 Å². The number of amides is 2. The van der Waals surface area contributed by atoms with Crippen LogP contribution in [-0.4, -0.2) is 11.0 Å². The third-order valence-corrected chi connectivity index (χ3v) is 3.19. The van der Waals surface area contributed by atoms with Crippen molar-refractivity contribution in [1.29, 1.82) is 0 Å². The molecule has 2 amide bonds. The number of carbonyl (C=O) groups is 1. The van der Waals surface area contributed by atoms with E-state index >= 15 is 0 Å². The van der Waals surface area contributed by atoms with Gasteiger partial charge in [-0.25, -0.2) is 18.6 Å². The van der Waals surface area contributed by atoms with Gasteiger partial charge in [-0.1, -0.05) is 30.3 Å². The lowest BCUT2D eigenvalue weighted by molar-refractivity contribution is 0.250. The molecular formula is C17H13F2N3O2. The highest BCUT2D eigenvalue weighted by atomic mass is 19.1. The molecular weight excluding hydrogens is 316 g/mol. The molecule has 0 spiro atoms. The summed E-state index contributed by atoms with van der Waals surface area (Å²) in [6, 6.07) is 11.5. The fraction of sp³-hybridized carbons (Fsp3) is 0.0588. The summed E-state index contributed by atoms with van der Waals surface area (Å²) in [5.41, 5.74) is 0.618. The highest BCUT2D eigenvalue weighted by molar-refractivity contribution is 5.89. The summed E-state index contributed by atoms with van der Waals surface area (Å²) in [5, 5.41) is 4.69. The van der Waals surface area contributed by atoms with Crippen molar-refractivity contribution in [3.8, 4) is 11.3 Å². The SMILES string of the molecule is O=C(NCc1ncc(-c2ccccc2)o1)Nc1cc(F)ccc1F. The zero-order chi connectivity index (χ0) is 16.9. The summed E-state index contributed by atoms with van der Waals surface area (Å²) in [5.74, 6) is -0.506. The van der Waals surface area contributed by atoms with Crippen molar-refractivity contribution in [3.63, 3.8) is 0 Å². The van der Waals surface area contributed by atoms with Crippen LogP contribution in [0, 0.1) is 11.6 Å². The molecule has 3 aromatic rings. The third-order valence-electron chi connectivity index (χ3n) is 3.19. The zero-order valence-electron chi connectivity index (χ0n) is 12.4. The first-order chi connectivity index (χ1) is 11.6. The van der Waals surface area contributed by atoms with Crippen molar-refractivity contribution in [2.45, 2.75) is 6.54 Å². The van der Waals surface area contributed by atoms with Crippen molar-refractivity contribution in [2.75, 3.05) is 5.32 Å². The fourth-order valence-electron chi connectivity index (χ4n) is 2.04. The van der Waals surface area contributed by atoms with Crippen LogP contribution in [0.25, 0.3) is 11.3 Å². The topological polar surface area (TPSA) is 67.2 Å². The number of nitrogens with one attached hydrogen (secondary N) is 2. The van der Waals surface area contributed by atoms with E-state index in [1.807, 2.05) is 30.3 Å². The molecule has 0 saturated carbocycles. The minimum absolute atomic E-state index is 0.00953. The Hall–Kier alpha value is -3.22. The highest BCUT2D eigenvalue weighted by Crippen LogP contribution is 2.19. The van der Waals surface area contributed by atoms with Crippen LogP contribution in [0.4, 0.5) is 19.3 Å². The number of nitrogens with zero attached hydrogens (tertiary/aromatic N) is 1. The van der Waals surface area contributed by atoms with Gasteiger partial charge in [0.05, 0.1) is 18.4 Å². The summed E-state index contributed by atoms with van der Waals surface area (Å²) in [4.78, 5) is 15.8. The second-order valence-electron chi connectivity index (χ2n) is 4.92. The van der Waals surface area contributed by atoms with Gasteiger partial charge in [0, 0.05) is 11.6 Å². The molecule has 0 bridgehead atoms.